The van der Waals surface area contributed by atoms with Crippen LogP contribution < -0.4 is 15.4 Å². The van der Waals surface area contributed by atoms with Crippen molar-refractivity contribution >= 4 is 17.5 Å². The Morgan fingerprint density at radius 1 is 1.03 bits per heavy atom. The highest BCUT2D eigenvalue weighted by atomic mass is 16.5. The van der Waals surface area contributed by atoms with E-state index in [2.05, 4.69) is 24.5 Å². The summed E-state index contributed by atoms with van der Waals surface area (Å²) in [5, 5.41) is 5.87. The fourth-order valence-corrected chi connectivity index (χ4v) is 3.16. The summed E-state index contributed by atoms with van der Waals surface area (Å²) in [7, 11) is 1.63. The predicted octanol–water partition coefficient (Wildman–Crippen LogP) is 4.45. The van der Waals surface area contributed by atoms with Crippen LogP contribution in [0, 0.1) is 12.3 Å². The molecule has 0 unspecified atom stereocenters. The Morgan fingerprint density at radius 2 is 1.72 bits per heavy atom. The molecule has 2 N–H and O–H groups in total. The van der Waals surface area contributed by atoms with E-state index in [4.69, 9.17) is 4.74 Å². The predicted molar refractivity (Wildman–Crippen MR) is 117 cm³/mol. The van der Waals surface area contributed by atoms with Gasteiger partial charge >= 0.3 is 0 Å². The van der Waals surface area contributed by atoms with Gasteiger partial charge in [-0.2, -0.15) is 0 Å². The number of carbonyl (C=O) groups excluding carboxylic acids is 2. The molecular weight excluding hydrogens is 364 g/mol. The lowest BCUT2D eigenvalue weighted by atomic mass is 9.90. The summed E-state index contributed by atoms with van der Waals surface area (Å²) < 4.78 is 5.34. The van der Waals surface area contributed by atoms with E-state index in [-0.39, 0.29) is 17.7 Å². The van der Waals surface area contributed by atoms with Gasteiger partial charge in [0.05, 0.1) is 7.11 Å². The molecule has 0 aromatic heterocycles. The van der Waals surface area contributed by atoms with E-state index in [0.29, 0.717) is 13.0 Å². The average Bonchev–Trinajstić information content (AvgIpc) is 2.69. The normalized spacial score (nSPS) is 11.3. The standard InChI is InChI=1S/C24H32N2O3/c1-16(2)19-12-9-10-17(3)21(19)26-23(28)24(4,5)22(27)25-15-14-18-11-7-8-13-20(18)29-6/h7-13,16H,14-15H2,1-6H3,(H,25,27)(H,26,28). The van der Waals surface area contributed by atoms with Crippen LogP contribution in [0.25, 0.3) is 0 Å². The van der Waals surface area contributed by atoms with Gasteiger partial charge in [0, 0.05) is 12.2 Å². The van der Waals surface area contributed by atoms with Crippen LogP contribution in [0.5, 0.6) is 5.75 Å². The number of methoxy groups -OCH3 is 1. The molecule has 2 rings (SSSR count). The molecule has 0 saturated carbocycles. The smallest absolute Gasteiger partial charge is 0.239 e. The fraction of sp³-hybridized carbons (Fsp3) is 0.417. The molecule has 5 nitrogen and oxygen atoms in total. The molecule has 29 heavy (non-hydrogen) atoms. The summed E-state index contributed by atoms with van der Waals surface area (Å²) >= 11 is 0. The van der Waals surface area contributed by atoms with Gasteiger partial charge in [0.25, 0.3) is 0 Å². The minimum atomic E-state index is -1.20. The van der Waals surface area contributed by atoms with E-state index in [1.165, 1.54) is 0 Å². The van der Waals surface area contributed by atoms with Crippen molar-refractivity contribution in [3.8, 4) is 5.75 Å². The van der Waals surface area contributed by atoms with Gasteiger partial charge in [-0.15, -0.1) is 0 Å². The van der Waals surface area contributed by atoms with Crippen LogP contribution in [0.15, 0.2) is 42.5 Å². The van der Waals surface area contributed by atoms with Crippen LogP contribution in [0.2, 0.25) is 0 Å². The first-order chi connectivity index (χ1) is 13.7. The minimum Gasteiger partial charge on any atom is -0.496 e. The van der Waals surface area contributed by atoms with Gasteiger partial charge in [0.1, 0.15) is 11.2 Å². The monoisotopic (exact) mass is 396 g/mol. The molecule has 2 aromatic carbocycles. The molecular formula is C24H32N2O3. The van der Waals surface area contributed by atoms with Crippen molar-refractivity contribution in [2.75, 3.05) is 19.0 Å². The maximum absolute atomic E-state index is 12.9. The van der Waals surface area contributed by atoms with Crippen molar-refractivity contribution in [2.45, 2.75) is 47.0 Å². The summed E-state index contributed by atoms with van der Waals surface area (Å²) in [6.45, 7) is 9.85. The first kappa shape index (κ1) is 22.5. The Kier molecular flexibility index (Phi) is 7.43. The molecule has 2 amide bonds. The van der Waals surface area contributed by atoms with Gasteiger partial charge in [-0.05, 0) is 55.9 Å². The molecule has 0 aliphatic rings. The highest BCUT2D eigenvalue weighted by molar-refractivity contribution is 6.10. The summed E-state index contributed by atoms with van der Waals surface area (Å²) in [4.78, 5) is 25.7. The van der Waals surface area contributed by atoms with Gasteiger partial charge < -0.3 is 15.4 Å². The fourth-order valence-electron chi connectivity index (χ4n) is 3.16. The summed E-state index contributed by atoms with van der Waals surface area (Å²) in [6.07, 6.45) is 0.628. The van der Waals surface area contributed by atoms with E-state index < -0.39 is 5.41 Å². The molecule has 0 fully saturated rings. The van der Waals surface area contributed by atoms with Crippen molar-refractivity contribution < 1.29 is 14.3 Å². The molecule has 0 radical (unpaired) electrons. The van der Waals surface area contributed by atoms with Crippen LogP contribution >= 0.6 is 0 Å². The van der Waals surface area contributed by atoms with Crippen molar-refractivity contribution in [1.29, 1.82) is 0 Å². The highest BCUT2D eigenvalue weighted by Crippen LogP contribution is 2.29. The van der Waals surface area contributed by atoms with Gasteiger partial charge in [-0.25, -0.2) is 0 Å². The zero-order chi connectivity index (χ0) is 21.6. The number of hydrogen-bond acceptors (Lipinski definition) is 3. The van der Waals surface area contributed by atoms with Gasteiger partial charge in [0.2, 0.25) is 11.8 Å². The number of aryl methyl sites for hydroxylation is 1. The molecule has 0 saturated heterocycles. The Labute approximate surface area is 173 Å². The molecule has 0 spiro atoms. The summed E-state index contributed by atoms with van der Waals surface area (Å²) in [6, 6.07) is 13.7. The zero-order valence-corrected chi connectivity index (χ0v) is 18.3. The largest absolute Gasteiger partial charge is 0.496 e. The average molecular weight is 397 g/mol. The number of ether oxygens (including phenoxy) is 1. The number of nitrogens with one attached hydrogen (secondary N) is 2. The molecule has 0 aliphatic carbocycles. The quantitative estimate of drug-likeness (QED) is 0.648. The number of hydrogen-bond donors (Lipinski definition) is 2. The second kappa shape index (κ2) is 9.59. The summed E-state index contributed by atoms with van der Waals surface area (Å²) in [5.41, 5.74) is 2.65. The maximum atomic E-state index is 12.9. The van der Waals surface area contributed by atoms with Crippen LogP contribution in [-0.4, -0.2) is 25.5 Å². The van der Waals surface area contributed by atoms with E-state index in [9.17, 15) is 9.59 Å². The van der Waals surface area contributed by atoms with Gasteiger partial charge in [0.15, 0.2) is 0 Å². The lowest BCUT2D eigenvalue weighted by Gasteiger charge is -2.25. The topological polar surface area (TPSA) is 67.4 Å². The number of anilines is 1. The molecule has 156 valence electrons. The number of rotatable bonds is 8. The molecule has 0 aliphatic heterocycles. The second-order valence-electron chi connectivity index (χ2n) is 8.09. The van der Waals surface area contributed by atoms with Crippen molar-refractivity contribution in [2.24, 2.45) is 5.41 Å². The van der Waals surface area contributed by atoms with E-state index in [1.807, 2.05) is 49.4 Å². The molecule has 0 heterocycles. The lowest BCUT2D eigenvalue weighted by Crippen LogP contribution is -2.45. The number of amides is 2. The molecule has 0 bridgehead atoms. The minimum absolute atomic E-state index is 0.267. The molecule has 0 atom stereocenters. The first-order valence-electron chi connectivity index (χ1n) is 9.99. The maximum Gasteiger partial charge on any atom is 0.239 e. The van der Waals surface area contributed by atoms with Crippen molar-refractivity contribution in [3.05, 3.63) is 59.2 Å². The van der Waals surface area contributed by atoms with Crippen LogP contribution in [0.4, 0.5) is 5.69 Å². The third-order valence-corrected chi connectivity index (χ3v) is 5.17. The van der Waals surface area contributed by atoms with Crippen molar-refractivity contribution in [3.63, 3.8) is 0 Å². The van der Waals surface area contributed by atoms with E-state index in [1.54, 1.807) is 21.0 Å². The number of carbonyl (C=O) groups is 2. The van der Waals surface area contributed by atoms with Gasteiger partial charge in [-0.1, -0.05) is 50.2 Å². The SMILES string of the molecule is COc1ccccc1CCNC(=O)C(C)(C)C(=O)Nc1c(C)cccc1C(C)C. The third-order valence-electron chi connectivity index (χ3n) is 5.17. The van der Waals surface area contributed by atoms with Crippen LogP contribution in [0.1, 0.15) is 50.3 Å². The second-order valence-corrected chi connectivity index (χ2v) is 8.09. The number of para-hydroxylation sites is 2. The Morgan fingerprint density at radius 3 is 2.38 bits per heavy atom. The molecule has 2 aromatic rings. The van der Waals surface area contributed by atoms with Crippen molar-refractivity contribution in [1.82, 2.24) is 5.32 Å². The molecule has 5 heteroatoms. The van der Waals surface area contributed by atoms with Crippen LogP contribution in [-0.2, 0) is 16.0 Å². The highest BCUT2D eigenvalue weighted by Gasteiger charge is 2.36. The first-order valence-corrected chi connectivity index (χ1v) is 9.99. The third kappa shape index (κ3) is 5.37. The number of benzene rings is 2. The lowest BCUT2D eigenvalue weighted by molar-refractivity contribution is -0.138. The van der Waals surface area contributed by atoms with Crippen LogP contribution in [0.3, 0.4) is 0 Å². The van der Waals surface area contributed by atoms with E-state index in [0.717, 1.165) is 28.1 Å². The van der Waals surface area contributed by atoms with Gasteiger partial charge in [-0.3, -0.25) is 9.59 Å². The Hall–Kier alpha value is -2.82. The Bertz CT molecular complexity index is 872. The van der Waals surface area contributed by atoms with E-state index >= 15 is 0 Å². The Balaban J connectivity index is 2.04. The zero-order valence-electron chi connectivity index (χ0n) is 18.3. The summed E-state index contributed by atoms with van der Waals surface area (Å²) in [5.74, 6) is 0.440.